The number of hydrogen-bond acceptors (Lipinski definition) is 3. The summed E-state index contributed by atoms with van der Waals surface area (Å²) in [5.74, 6) is 0.0672. The second-order valence-corrected chi connectivity index (χ2v) is 3.50. The first-order valence-corrected chi connectivity index (χ1v) is 4.86. The van der Waals surface area contributed by atoms with E-state index in [1.54, 1.807) is 13.1 Å². The van der Waals surface area contributed by atoms with Gasteiger partial charge in [0.05, 0.1) is 0 Å². The standard InChI is InChI=1S/C11H9NO2S/c1-12-10(13)9(14-11(12)15)7-8-5-3-2-4-6-8/h2-7H,1H3/b9-7+. The number of thiocarbonyl (C=S) groups is 1. The highest BCUT2D eigenvalue weighted by Gasteiger charge is 2.29. The van der Waals surface area contributed by atoms with Gasteiger partial charge in [-0.3, -0.25) is 9.69 Å². The molecular formula is C11H9NO2S. The molecule has 0 aromatic heterocycles. The van der Waals surface area contributed by atoms with Crippen LogP contribution < -0.4 is 0 Å². The number of carbonyl (C=O) groups is 1. The molecule has 1 aliphatic heterocycles. The fourth-order valence-corrected chi connectivity index (χ4v) is 1.42. The highest BCUT2D eigenvalue weighted by Crippen LogP contribution is 2.17. The second kappa shape index (κ2) is 3.82. The van der Waals surface area contributed by atoms with Gasteiger partial charge in [-0.05, 0) is 23.9 Å². The first kappa shape index (κ1) is 9.86. The van der Waals surface area contributed by atoms with E-state index in [1.165, 1.54) is 4.90 Å². The summed E-state index contributed by atoms with van der Waals surface area (Å²) in [6.45, 7) is 0. The molecule has 4 heteroatoms. The third kappa shape index (κ3) is 1.89. The van der Waals surface area contributed by atoms with Crippen molar-refractivity contribution >= 4 is 29.4 Å². The van der Waals surface area contributed by atoms with Crippen LogP contribution in [-0.2, 0) is 9.53 Å². The van der Waals surface area contributed by atoms with Gasteiger partial charge < -0.3 is 4.74 Å². The van der Waals surface area contributed by atoms with E-state index in [0.29, 0.717) is 0 Å². The summed E-state index contributed by atoms with van der Waals surface area (Å²) >= 11 is 4.85. The van der Waals surface area contributed by atoms with Crippen LogP contribution in [0.15, 0.2) is 36.1 Å². The van der Waals surface area contributed by atoms with E-state index >= 15 is 0 Å². The van der Waals surface area contributed by atoms with Crippen LogP contribution in [0.5, 0.6) is 0 Å². The van der Waals surface area contributed by atoms with Gasteiger partial charge in [-0.15, -0.1) is 0 Å². The Labute approximate surface area is 93.0 Å². The van der Waals surface area contributed by atoms with E-state index in [4.69, 9.17) is 17.0 Å². The summed E-state index contributed by atoms with van der Waals surface area (Å²) in [7, 11) is 1.59. The Morgan fingerprint density at radius 2 is 2.00 bits per heavy atom. The maximum absolute atomic E-state index is 11.6. The first-order valence-electron chi connectivity index (χ1n) is 4.45. The monoisotopic (exact) mass is 219 g/mol. The van der Waals surface area contributed by atoms with Crippen molar-refractivity contribution in [3.05, 3.63) is 41.7 Å². The number of amides is 1. The molecule has 1 amide bonds. The molecule has 0 saturated carbocycles. The van der Waals surface area contributed by atoms with Crippen molar-refractivity contribution in [1.29, 1.82) is 0 Å². The quantitative estimate of drug-likeness (QED) is 0.533. The number of rotatable bonds is 1. The minimum absolute atomic E-state index is 0.196. The highest BCUT2D eigenvalue weighted by atomic mass is 32.1. The van der Waals surface area contributed by atoms with Crippen LogP contribution in [0.1, 0.15) is 5.56 Å². The summed E-state index contributed by atoms with van der Waals surface area (Å²) in [5.41, 5.74) is 0.916. The normalized spacial score (nSPS) is 18.5. The van der Waals surface area contributed by atoms with Gasteiger partial charge in [-0.25, -0.2) is 0 Å². The molecule has 1 aromatic carbocycles. The number of benzene rings is 1. The van der Waals surface area contributed by atoms with Crippen molar-refractivity contribution < 1.29 is 9.53 Å². The molecule has 1 heterocycles. The zero-order valence-corrected chi connectivity index (χ0v) is 8.95. The van der Waals surface area contributed by atoms with Crippen LogP contribution in [0, 0.1) is 0 Å². The molecule has 0 atom stereocenters. The van der Waals surface area contributed by atoms with Gasteiger partial charge in [0.25, 0.3) is 11.1 Å². The molecule has 3 nitrogen and oxygen atoms in total. The minimum atomic E-state index is -0.205. The van der Waals surface area contributed by atoms with E-state index in [1.807, 2.05) is 30.3 Å². The smallest absolute Gasteiger partial charge is 0.296 e. The molecule has 1 aliphatic rings. The molecular weight excluding hydrogens is 210 g/mol. The van der Waals surface area contributed by atoms with Gasteiger partial charge >= 0.3 is 0 Å². The van der Waals surface area contributed by atoms with Crippen LogP contribution in [-0.4, -0.2) is 23.0 Å². The predicted octanol–water partition coefficient (Wildman–Crippen LogP) is 1.80. The van der Waals surface area contributed by atoms with Crippen molar-refractivity contribution in [3.63, 3.8) is 0 Å². The molecule has 0 aliphatic carbocycles. The van der Waals surface area contributed by atoms with Gasteiger partial charge in [0.2, 0.25) is 0 Å². The molecule has 2 rings (SSSR count). The fraction of sp³-hybridized carbons (Fsp3) is 0.0909. The van der Waals surface area contributed by atoms with E-state index in [9.17, 15) is 4.79 Å². The lowest BCUT2D eigenvalue weighted by molar-refractivity contribution is -0.122. The minimum Gasteiger partial charge on any atom is -0.426 e. The van der Waals surface area contributed by atoms with Crippen molar-refractivity contribution in [1.82, 2.24) is 4.90 Å². The van der Waals surface area contributed by atoms with Gasteiger partial charge in [0.15, 0.2) is 5.76 Å². The van der Waals surface area contributed by atoms with E-state index in [2.05, 4.69) is 0 Å². The largest absolute Gasteiger partial charge is 0.426 e. The molecule has 1 aromatic rings. The molecule has 0 unspecified atom stereocenters. The lowest BCUT2D eigenvalue weighted by atomic mass is 10.2. The number of likely N-dealkylation sites (N-methyl/N-ethyl adjacent to an activating group) is 1. The van der Waals surface area contributed by atoms with Crippen molar-refractivity contribution in [2.24, 2.45) is 0 Å². The predicted molar refractivity (Wildman–Crippen MR) is 60.9 cm³/mol. The van der Waals surface area contributed by atoms with E-state index in [-0.39, 0.29) is 16.8 Å². The van der Waals surface area contributed by atoms with Gasteiger partial charge in [-0.1, -0.05) is 30.3 Å². The van der Waals surface area contributed by atoms with Crippen LogP contribution in [0.25, 0.3) is 6.08 Å². The molecule has 15 heavy (non-hydrogen) atoms. The molecule has 76 valence electrons. The molecule has 0 spiro atoms. The molecule has 0 N–H and O–H groups in total. The lowest BCUT2D eigenvalue weighted by Gasteiger charge is -1.99. The second-order valence-electron chi connectivity index (χ2n) is 3.15. The van der Waals surface area contributed by atoms with Crippen molar-refractivity contribution in [2.45, 2.75) is 0 Å². The van der Waals surface area contributed by atoms with Gasteiger partial charge in [0.1, 0.15) is 0 Å². The average Bonchev–Trinajstić information content (AvgIpc) is 2.48. The molecule has 0 radical (unpaired) electrons. The van der Waals surface area contributed by atoms with Gasteiger partial charge in [0, 0.05) is 7.05 Å². The van der Waals surface area contributed by atoms with Crippen LogP contribution in [0.3, 0.4) is 0 Å². The summed E-state index contributed by atoms with van der Waals surface area (Å²) in [4.78, 5) is 12.9. The number of carbonyl (C=O) groups excluding carboxylic acids is 1. The SMILES string of the molecule is CN1C(=O)/C(=C\c2ccccc2)OC1=S. The van der Waals surface area contributed by atoms with Crippen LogP contribution in [0.4, 0.5) is 0 Å². The number of hydrogen-bond donors (Lipinski definition) is 0. The van der Waals surface area contributed by atoms with Crippen molar-refractivity contribution in [2.75, 3.05) is 7.05 Å². The zero-order valence-electron chi connectivity index (χ0n) is 8.14. The Bertz CT molecular complexity index is 439. The first-order chi connectivity index (χ1) is 7.18. The Morgan fingerprint density at radius 3 is 2.53 bits per heavy atom. The van der Waals surface area contributed by atoms with Crippen LogP contribution in [0.2, 0.25) is 0 Å². The Kier molecular flexibility index (Phi) is 2.51. The Balaban J connectivity index is 2.30. The topological polar surface area (TPSA) is 29.5 Å². The van der Waals surface area contributed by atoms with E-state index in [0.717, 1.165) is 5.56 Å². The number of nitrogens with zero attached hydrogens (tertiary/aromatic N) is 1. The maximum atomic E-state index is 11.6. The third-order valence-corrected chi connectivity index (χ3v) is 2.44. The highest BCUT2D eigenvalue weighted by molar-refractivity contribution is 7.80. The molecule has 1 saturated heterocycles. The maximum Gasteiger partial charge on any atom is 0.296 e. The average molecular weight is 219 g/mol. The van der Waals surface area contributed by atoms with Gasteiger partial charge in [-0.2, -0.15) is 0 Å². The summed E-state index contributed by atoms with van der Waals surface area (Å²) < 4.78 is 5.16. The Hall–Kier alpha value is -1.68. The molecule has 1 fully saturated rings. The fourth-order valence-electron chi connectivity index (χ4n) is 1.25. The summed E-state index contributed by atoms with van der Waals surface area (Å²) in [5, 5.41) is 0.196. The Morgan fingerprint density at radius 1 is 1.33 bits per heavy atom. The van der Waals surface area contributed by atoms with Crippen LogP contribution >= 0.6 is 12.2 Å². The zero-order chi connectivity index (χ0) is 10.8. The summed E-state index contributed by atoms with van der Waals surface area (Å²) in [6, 6.07) is 9.49. The van der Waals surface area contributed by atoms with E-state index < -0.39 is 0 Å². The lowest BCUT2D eigenvalue weighted by Crippen LogP contribution is -2.22. The van der Waals surface area contributed by atoms with Crippen molar-refractivity contribution in [3.8, 4) is 0 Å². The number of ether oxygens (including phenoxy) is 1. The summed E-state index contributed by atoms with van der Waals surface area (Å²) in [6.07, 6.45) is 1.68. The third-order valence-electron chi connectivity index (χ3n) is 2.08. The molecule has 0 bridgehead atoms.